The first-order chi connectivity index (χ1) is 12.7. The summed E-state index contributed by atoms with van der Waals surface area (Å²) in [6, 6.07) is 12.2. The van der Waals surface area contributed by atoms with Gasteiger partial charge in [0.1, 0.15) is 0 Å². The highest BCUT2D eigenvalue weighted by atomic mass is 16.5. The predicted molar refractivity (Wildman–Crippen MR) is 103 cm³/mol. The van der Waals surface area contributed by atoms with Crippen LogP contribution in [0.2, 0.25) is 0 Å². The number of ether oxygens (including phenoxy) is 1. The van der Waals surface area contributed by atoms with Gasteiger partial charge in [0.2, 0.25) is 0 Å². The summed E-state index contributed by atoms with van der Waals surface area (Å²) in [6.45, 7) is 2.38. The Morgan fingerprint density at radius 2 is 2.04 bits per heavy atom. The van der Waals surface area contributed by atoms with Gasteiger partial charge in [0, 0.05) is 5.92 Å². The second-order valence-electron chi connectivity index (χ2n) is 7.29. The number of carbonyl (C=O) groups is 1. The molecular weight excluding hydrogens is 324 g/mol. The largest absolute Gasteiger partial charge is 0.462 e. The molecule has 2 aromatic rings. The van der Waals surface area contributed by atoms with Crippen molar-refractivity contribution in [1.29, 1.82) is 0 Å². The fourth-order valence-electron chi connectivity index (χ4n) is 4.05. The lowest BCUT2D eigenvalue weighted by atomic mass is 9.80. The number of hydrogen-bond donors (Lipinski definition) is 1. The first kappa shape index (κ1) is 17.0. The summed E-state index contributed by atoms with van der Waals surface area (Å²) < 4.78 is 5.55. The molecule has 26 heavy (non-hydrogen) atoms. The number of aliphatic hydroxyl groups excluding tert-OH is 1. The Balaban J connectivity index is 1.46. The lowest BCUT2D eigenvalue weighted by molar-refractivity contribution is -0.141. The van der Waals surface area contributed by atoms with E-state index in [2.05, 4.69) is 31.2 Å². The van der Waals surface area contributed by atoms with Crippen LogP contribution in [-0.4, -0.2) is 17.7 Å². The van der Waals surface area contributed by atoms with Gasteiger partial charge in [0.05, 0.1) is 18.3 Å². The van der Waals surface area contributed by atoms with Crippen LogP contribution in [0.15, 0.2) is 60.2 Å². The average molecular weight is 348 g/mol. The number of carbonyl (C=O) groups excluding carboxylic acids is 1. The summed E-state index contributed by atoms with van der Waals surface area (Å²) in [5.41, 5.74) is 2.78. The zero-order valence-electron chi connectivity index (χ0n) is 15.0. The van der Waals surface area contributed by atoms with E-state index in [1.165, 1.54) is 5.56 Å². The van der Waals surface area contributed by atoms with Gasteiger partial charge in [0.25, 0.3) is 0 Å². The van der Waals surface area contributed by atoms with Crippen LogP contribution in [0.1, 0.15) is 37.0 Å². The van der Waals surface area contributed by atoms with Crippen LogP contribution in [0.5, 0.6) is 0 Å². The first-order valence-corrected chi connectivity index (χ1v) is 9.41. The zero-order valence-corrected chi connectivity index (χ0v) is 15.0. The van der Waals surface area contributed by atoms with Crippen molar-refractivity contribution in [2.75, 3.05) is 6.61 Å². The molecule has 0 heterocycles. The van der Waals surface area contributed by atoms with Gasteiger partial charge in [-0.25, -0.2) is 4.79 Å². The Bertz CT molecular complexity index is 888. The monoisotopic (exact) mass is 348 g/mol. The van der Waals surface area contributed by atoms with Gasteiger partial charge in [-0.3, -0.25) is 0 Å². The average Bonchev–Trinajstić information content (AvgIpc) is 2.69. The van der Waals surface area contributed by atoms with E-state index in [1.807, 2.05) is 30.4 Å². The Labute approximate surface area is 154 Å². The van der Waals surface area contributed by atoms with Gasteiger partial charge >= 0.3 is 5.97 Å². The lowest BCUT2D eigenvalue weighted by Crippen LogP contribution is -2.26. The van der Waals surface area contributed by atoms with Crippen LogP contribution in [0, 0.1) is 11.8 Å². The molecule has 0 spiro atoms. The molecule has 0 aliphatic heterocycles. The first-order valence-electron chi connectivity index (χ1n) is 9.41. The maximum Gasteiger partial charge on any atom is 0.337 e. The highest BCUT2D eigenvalue weighted by molar-refractivity contribution is 5.92. The summed E-state index contributed by atoms with van der Waals surface area (Å²) in [6.07, 6.45) is 7.99. The molecule has 0 aromatic heterocycles. The Morgan fingerprint density at radius 1 is 1.23 bits per heavy atom. The highest BCUT2D eigenvalue weighted by Crippen LogP contribution is 2.38. The van der Waals surface area contributed by atoms with Crippen molar-refractivity contribution in [2.24, 2.45) is 11.8 Å². The van der Waals surface area contributed by atoms with E-state index in [9.17, 15) is 9.90 Å². The molecular formula is C23H24O3. The molecule has 0 saturated carbocycles. The smallest absolute Gasteiger partial charge is 0.337 e. The van der Waals surface area contributed by atoms with E-state index < -0.39 is 6.10 Å². The van der Waals surface area contributed by atoms with Crippen LogP contribution in [0.4, 0.5) is 0 Å². The Kier molecular flexibility index (Phi) is 4.64. The molecule has 3 nitrogen and oxygen atoms in total. The predicted octanol–water partition coefficient (Wildman–Crippen LogP) is 4.50. The zero-order chi connectivity index (χ0) is 18.1. The van der Waals surface area contributed by atoms with E-state index in [0.717, 1.165) is 35.6 Å². The Morgan fingerprint density at radius 3 is 2.77 bits per heavy atom. The van der Waals surface area contributed by atoms with Crippen molar-refractivity contribution < 1.29 is 14.6 Å². The molecule has 0 amide bonds. The van der Waals surface area contributed by atoms with Crippen LogP contribution in [-0.2, 0) is 16.0 Å². The van der Waals surface area contributed by atoms with Gasteiger partial charge in [-0.2, -0.15) is 0 Å². The minimum Gasteiger partial charge on any atom is -0.462 e. The van der Waals surface area contributed by atoms with E-state index in [0.29, 0.717) is 11.5 Å². The standard InChI is InChI=1S/C23H24O3/c1-2-15-9-11-17(12-10-15)23(25)26-14-19-13-18-7-3-5-16-6-4-8-20(21(16)18)22(19)24/h3-9,11-12,15,19,22,24H,2,10,13-14H2,1H3. The van der Waals surface area contributed by atoms with Crippen LogP contribution in [0.25, 0.3) is 10.8 Å². The van der Waals surface area contributed by atoms with E-state index in [-0.39, 0.29) is 18.5 Å². The third-order valence-corrected chi connectivity index (χ3v) is 5.65. The minimum absolute atomic E-state index is 0.115. The summed E-state index contributed by atoms with van der Waals surface area (Å²) >= 11 is 0. The van der Waals surface area contributed by atoms with Crippen molar-refractivity contribution in [3.63, 3.8) is 0 Å². The lowest BCUT2D eigenvalue weighted by Gasteiger charge is -2.30. The summed E-state index contributed by atoms with van der Waals surface area (Å²) in [7, 11) is 0. The molecule has 2 aromatic carbocycles. The van der Waals surface area contributed by atoms with Crippen LogP contribution < -0.4 is 0 Å². The third-order valence-electron chi connectivity index (χ3n) is 5.65. The van der Waals surface area contributed by atoms with Gasteiger partial charge in [-0.15, -0.1) is 0 Å². The van der Waals surface area contributed by atoms with Gasteiger partial charge in [-0.05, 0) is 47.1 Å². The second-order valence-corrected chi connectivity index (χ2v) is 7.29. The maximum atomic E-state index is 12.4. The fourth-order valence-corrected chi connectivity index (χ4v) is 4.05. The molecule has 0 saturated heterocycles. The molecule has 0 bridgehead atoms. The number of benzene rings is 2. The number of rotatable bonds is 4. The molecule has 2 aliphatic carbocycles. The third kappa shape index (κ3) is 3.08. The Hall–Kier alpha value is -2.39. The maximum absolute atomic E-state index is 12.4. The van der Waals surface area contributed by atoms with Crippen LogP contribution in [0.3, 0.4) is 0 Å². The number of allylic oxidation sites excluding steroid dienone is 2. The molecule has 3 heteroatoms. The molecule has 4 rings (SSSR count). The van der Waals surface area contributed by atoms with Crippen molar-refractivity contribution in [3.05, 3.63) is 71.3 Å². The topological polar surface area (TPSA) is 46.5 Å². The molecule has 2 aliphatic rings. The molecule has 3 atom stereocenters. The van der Waals surface area contributed by atoms with E-state index in [4.69, 9.17) is 4.74 Å². The van der Waals surface area contributed by atoms with Crippen molar-refractivity contribution >= 4 is 16.7 Å². The molecule has 1 N–H and O–H groups in total. The molecule has 0 fully saturated rings. The van der Waals surface area contributed by atoms with Crippen molar-refractivity contribution in [1.82, 2.24) is 0 Å². The van der Waals surface area contributed by atoms with E-state index in [1.54, 1.807) is 0 Å². The summed E-state index contributed by atoms with van der Waals surface area (Å²) in [4.78, 5) is 12.4. The summed E-state index contributed by atoms with van der Waals surface area (Å²) in [5, 5.41) is 13.1. The number of esters is 1. The molecule has 134 valence electrons. The van der Waals surface area contributed by atoms with Gasteiger partial charge in [-0.1, -0.05) is 61.5 Å². The minimum atomic E-state index is -0.609. The quantitative estimate of drug-likeness (QED) is 0.828. The van der Waals surface area contributed by atoms with Gasteiger partial charge in [0.15, 0.2) is 0 Å². The SMILES string of the molecule is CCC1C=CC(C(=O)OCC2Cc3cccc4cccc(c34)C2O)=CC1. The fraction of sp³-hybridized carbons (Fsp3) is 0.348. The summed E-state index contributed by atoms with van der Waals surface area (Å²) in [5.74, 6) is 0.111. The second kappa shape index (κ2) is 7.08. The highest BCUT2D eigenvalue weighted by Gasteiger charge is 2.30. The van der Waals surface area contributed by atoms with E-state index >= 15 is 0 Å². The number of aliphatic hydroxyl groups is 1. The molecule has 3 unspecified atom stereocenters. The van der Waals surface area contributed by atoms with Gasteiger partial charge < -0.3 is 9.84 Å². The normalized spacial score (nSPS) is 24.4. The van der Waals surface area contributed by atoms with Crippen molar-refractivity contribution in [2.45, 2.75) is 32.3 Å². The molecule has 0 radical (unpaired) electrons. The van der Waals surface area contributed by atoms with Crippen LogP contribution >= 0.6 is 0 Å². The van der Waals surface area contributed by atoms with Crippen molar-refractivity contribution in [3.8, 4) is 0 Å². The number of hydrogen-bond acceptors (Lipinski definition) is 3.